The fourth-order valence-electron chi connectivity index (χ4n) is 3.45. The lowest BCUT2D eigenvalue weighted by Gasteiger charge is -2.33. The average Bonchev–Trinajstić information content (AvgIpc) is 3.23. The highest BCUT2D eigenvalue weighted by Gasteiger charge is 2.20. The van der Waals surface area contributed by atoms with Crippen LogP contribution in [0.4, 0.5) is 5.00 Å². The average molecular weight is 508 g/mol. The van der Waals surface area contributed by atoms with Gasteiger partial charge in [-0.25, -0.2) is 0 Å². The molecule has 3 rings (SSSR count). The summed E-state index contributed by atoms with van der Waals surface area (Å²) in [5.41, 5.74) is 0. The molecule has 3 heterocycles. The summed E-state index contributed by atoms with van der Waals surface area (Å²) in [4.78, 5) is 6.84. The summed E-state index contributed by atoms with van der Waals surface area (Å²) in [6.45, 7) is 5.57. The maximum Gasteiger partial charge on any atom is 0.191 e. The van der Waals surface area contributed by atoms with Crippen LogP contribution >= 0.6 is 35.3 Å². The third-order valence-corrected chi connectivity index (χ3v) is 5.94. The number of halogens is 1. The maximum absolute atomic E-state index is 5.91. The molecule has 2 N–H and O–H groups in total. The highest BCUT2D eigenvalue weighted by molar-refractivity contribution is 14.0. The van der Waals surface area contributed by atoms with Crippen molar-refractivity contribution in [2.75, 3.05) is 51.4 Å². The van der Waals surface area contributed by atoms with Gasteiger partial charge in [0.25, 0.3) is 0 Å². The lowest BCUT2D eigenvalue weighted by Crippen LogP contribution is -2.48. The van der Waals surface area contributed by atoms with E-state index in [0.29, 0.717) is 12.1 Å². The molecule has 1 aromatic heterocycles. The molecule has 0 aliphatic carbocycles. The zero-order valence-corrected chi connectivity index (χ0v) is 19.3. The fraction of sp³-hybridized carbons (Fsp3) is 0.737. The van der Waals surface area contributed by atoms with Crippen molar-refractivity contribution in [1.29, 1.82) is 0 Å². The van der Waals surface area contributed by atoms with Crippen molar-refractivity contribution in [2.24, 2.45) is 4.99 Å². The summed E-state index contributed by atoms with van der Waals surface area (Å²) in [6, 6.07) is 4.83. The molecular formula is C19H33IN4O2S. The molecule has 0 unspecified atom stereocenters. The van der Waals surface area contributed by atoms with Crippen LogP contribution in [-0.4, -0.2) is 64.6 Å². The van der Waals surface area contributed by atoms with Crippen molar-refractivity contribution in [3.05, 3.63) is 17.5 Å². The largest absolute Gasteiger partial charge is 0.381 e. The van der Waals surface area contributed by atoms with Gasteiger partial charge in [-0.05, 0) is 49.6 Å². The highest BCUT2D eigenvalue weighted by atomic mass is 127. The molecule has 0 saturated carbocycles. The Morgan fingerprint density at radius 3 is 2.74 bits per heavy atom. The van der Waals surface area contributed by atoms with Crippen molar-refractivity contribution in [1.82, 2.24) is 10.6 Å². The van der Waals surface area contributed by atoms with Crippen LogP contribution in [0.25, 0.3) is 0 Å². The SMILES string of the molecule is CN=C(NCCCOC1CCOCC1)NC1CCN(c2cccs2)CC1.I. The van der Waals surface area contributed by atoms with Gasteiger partial charge in [-0.1, -0.05) is 0 Å². The Bertz CT molecular complexity index is 530. The summed E-state index contributed by atoms with van der Waals surface area (Å²) in [5.74, 6) is 0.908. The van der Waals surface area contributed by atoms with Gasteiger partial charge in [-0.2, -0.15) is 0 Å². The molecule has 0 aromatic carbocycles. The van der Waals surface area contributed by atoms with Crippen molar-refractivity contribution in [2.45, 2.75) is 44.2 Å². The maximum atomic E-state index is 5.91. The molecule has 27 heavy (non-hydrogen) atoms. The monoisotopic (exact) mass is 508 g/mol. The molecule has 2 aliphatic heterocycles. The predicted molar refractivity (Wildman–Crippen MR) is 124 cm³/mol. The van der Waals surface area contributed by atoms with E-state index in [-0.39, 0.29) is 24.0 Å². The van der Waals surface area contributed by atoms with Gasteiger partial charge in [0.05, 0.1) is 11.1 Å². The first-order valence-corrected chi connectivity index (χ1v) is 10.7. The van der Waals surface area contributed by atoms with E-state index in [9.17, 15) is 0 Å². The van der Waals surface area contributed by atoms with Crippen molar-refractivity contribution in [3.63, 3.8) is 0 Å². The number of ether oxygens (including phenoxy) is 2. The number of piperidine rings is 1. The third-order valence-electron chi connectivity index (χ3n) is 5.01. The van der Waals surface area contributed by atoms with Crippen LogP contribution in [-0.2, 0) is 9.47 Å². The van der Waals surface area contributed by atoms with Crippen LogP contribution in [0.5, 0.6) is 0 Å². The number of nitrogens with one attached hydrogen (secondary N) is 2. The first-order valence-electron chi connectivity index (χ1n) is 9.80. The molecule has 0 bridgehead atoms. The van der Waals surface area contributed by atoms with E-state index in [1.807, 2.05) is 18.4 Å². The van der Waals surface area contributed by atoms with Gasteiger partial charge in [-0.3, -0.25) is 4.99 Å². The second kappa shape index (κ2) is 12.8. The van der Waals surface area contributed by atoms with Gasteiger partial charge in [0.1, 0.15) is 0 Å². The molecule has 0 radical (unpaired) electrons. The second-order valence-corrected chi connectivity index (χ2v) is 7.82. The third kappa shape index (κ3) is 7.75. The van der Waals surface area contributed by atoms with Gasteiger partial charge >= 0.3 is 0 Å². The first kappa shape index (κ1) is 22.7. The van der Waals surface area contributed by atoms with E-state index in [2.05, 4.69) is 38.0 Å². The summed E-state index contributed by atoms with van der Waals surface area (Å²) < 4.78 is 11.3. The quantitative estimate of drug-likeness (QED) is 0.257. The summed E-state index contributed by atoms with van der Waals surface area (Å²) in [7, 11) is 1.84. The topological polar surface area (TPSA) is 58.1 Å². The molecule has 0 atom stereocenters. The Hall–Kier alpha value is -0.580. The number of nitrogens with zero attached hydrogens (tertiary/aromatic N) is 2. The molecule has 0 spiro atoms. The standard InChI is InChI=1S/C19H32N4O2S.HI/c1-20-19(21-9-3-12-25-17-7-13-24-14-8-17)22-16-5-10-23(11-6-16)18-4-2-15-26-18;/h2,4,15-17H,3,5-14H2,1H3,(H2,20,21,22);1H. The van der Waals surface area contributed by atoms with Crippen LogP contribution in [0.3, 0.4) is 0 Å². The van der Waals surface area contributed by atoms with Crippen molar-refractivity contribution >= 4 is 46.3 Å². The van der Waals surface area contributed by atoms with E-state index >= 15 is 0 Å². The lowest BCUT2D eigenvalue weighted by atomic mass is 10.1. The summed E-state index contributed by atoms with van der Waals surface area (Å²) in [5, 5.41) is 10.5. The molecule has 2 aliphatic rings. The van der Waals surface area contributed by atoms with E-state index in [1.54, 1.807) is 0 Å². The zero-order valence-electron chi connectivity index (χ0n) is 16.2. The first-order chi connectivity index (χ1) is 12.8. The zero-order chi connectivity index (χ0) is 18.0. The summed E-state index contributed by atoms with van der Waals surface area (Å²) >= 11 is 1.83. The van der Waals surface area contributed by atoms with Gasteiger partial charge in [0.2, 0.25) is 0 Å². The molecule has 6 nitrogen and oxygen atoms in total. The number of hydrogen-bond acceptors (Lipinski definition) is 5. The molecular weight excluding hydrogens is 475 g/mol. The molecule has 2 saturated heterocycles. The fourth-order valence-corrected chi connectivity index (χ4v) is 4.24. The Morgan fingerprint density at radius 1 is 1.30 bits per heavy atom. The highest BCUT2D eigenvalue weighted by Crippen LogP contribution is 2.24. The second-order valence-electron chi connectivity index (χ2n) is 6.89. The van der Waals surface area contributed by atoms with Crippen LogP contribution in [0.15, 0.2) is 22.5 Å². The molecule has 0 amide bonds. The van der Waals surface area contributed by atoms with E-state index < -0.39 is 0 Å². The van der Waals surface area contributed by atoms with Gasteiger partial charge in [0.15, 0.2) is 5.96 Å². The summed E-state index contributed by atoms with van der Waals surface area (Å²) in [6.07, 6.45) is 5.72. The number of rotatable bonds is 7. The van der Waals surface area contributed by atoms with E-state index in [1.165, 1.54) is 5.00 Å². The van der Waals surface area contributed by atoms with Gasteiger partial charge in [-0.15, -0.1) is 35.3 Å². The number of guanidine groups is 1. The predicted octanol–water partition coefficient (Wildman–Crippen LogP) is 3.09. The smallest absolute Gasteiger partial charge is 0.191 e. The minimum Gasteiger partial charge on any atom is -0.381 e. The Balaban J connectivity index is 0.00000261. The Labute approximate surface area is 184 Å². The van der Waals surface area contributed by atoms with Gasteiger partial charge < -0.3 is 25.0 Å². The minimum atomic E-state index is 0. The minimum absolute atomic E-state index is 0. The van der Waals surface area contributed by atoms with Crippen LogP contribution < -0.4 is 15.5 Å². The number of aliphatic imine (C=N–C) groups is 1. The molecule has 2 fully saturated rings. The van der Waals surface area contributed by atoms with Crippen LogP contribution in [0.1, 0.15) is 32.1 Å². The van der Waals surface area contributed by atoms with E-state index in [4.69, 9.17) is 9.47 Å². The van der Waals surface area contributed by atoms with E-state index in [0.717, 1.165) is 77.5 Å². The van der Waals surface area contributed by atoms with Crippen LogP contribution in [0, 0.1) is 0 Å². The molecule has 8 heteroatoms. The van der Waals surface area contributed by atoms with Crippen molar-refractivity contribution in [3.8, 4) is 0 Å². The Kier molecular flexibility index (Phi) is 10.8. The number of hydrogen-bond donors (Lipinski definition) is 2. The number of thiophene rings is 1. The molecule has 1 aromatic rings. The number of anilines is 1. The van der Waals surface area contributed by atoms with Crippen molar-refractivity contribution < 1.29 is 9.47 Å². The molecule has 154 valence electrons. The van der Waals surface area contributed by atoms with Crippen LogP contribution in [0.2, 0.25) is 0 Å². The Morgan fingerprint density at radius 2 is 2.07 bits per heavy atom. The lowest BCUT2D eigenvalue weighted by molar-refractivity contribution is -0.0320. The van der Waals surface area contributed by atoms with Gasteiger partial charge in [0, 0.05) is 52.5 Å². The normalized spacial score (nSPS) is 19.6.